The van der Waals surface area contributed by atoms with Crippen molar-refractivity contribution in [3.63, 3.8) is 0 Å². The molecule has 0 aliphatic carbocycles. The molecule has 0 atom stereocenters. The van der Waals surface area contributed by atoms with Gasteiger partial charge in [0.2, 0.25) is 0 Å². The van der Waals surface area contributed by atoms with E-state index in [2.05, 4.69) is 159 Å². The Hall–Kier alpha value is -5.38. The predicted molar refractivity (Wildman–Crippen MR) is 237 cm³/mol. The molecule has 0 spiro atoms. The summed E-state index contributed by atoms with van der Waals surface area (Å²) in [5, 5.41) is 12.7. The molecule has 0 unspecified atom stereocenters. The van der Waals surface area contributed by atoms with E-state index in [-0.39, 0.29) is 43.1 Å². The first kappa shape index (κ1) is 40.8. The average molecular weight is 943 g/mol. The van der Waals surface area contributed by atoms with Gasteiger partial charge in [0, 0.05) is 44.7 Å². The molecule has 5 aromatic carbocycles. The van der Waals surface area contributed by atoms with Crippen LogP contribution in [0.25, 0.3) is 72.5 Å². The standard InChI is InChI=1S/C52H51N4O.Pt/c1-32-26-33(39-14-13-15-40-43(52(8,9)10)23-25-54-47(39)40)28-34(27-32)41-29-35(44-16-11-12-24-53-44)30-45-48(41)55-49(42-31-37(51(5,6)7)19-22-46(42)57)56(45)38-20-17-36(18-21-38)50(2,3)4;/h11-27,29-31,57H,1-10H3;/q-1;. The summed E-state index contributed by atoms with van der Waals surface area (Å²) in [4.78, 5) is 15.2. The number of phenolic OH excluding ortho intramolecular Hbond substituents is 1. The monoisotopic (exact) mass is 942 g/mol. The van der Waals surface area contributed by atoms with Crippen molar-refractivity contribution < 1.29 is 26.2 Å². The van der Waals surface area contributed by atoms with Gasteiger partial charge in [0.15, 0.2) is 0 Å². The molecule has 0 bridgehead atoms. The number of hydrogen-bond donors (Lipinski definition) is 1. The number of phenols is 1. The fraction of sp³-hybridized carbons (Fsp3) is 0.250. The van der Waals surface area contributed by atoms with E-state index >= 15 is 0 Å². The first-order valence-corrected chi connectivity index (χ1v) is 19.8. The maximum atomic E-state index is 11.6. The third-order valence-electron chi connectivity index (χ3n) is 11.0. The van der Waals surface area contributed by atoms with Gasteiger partial charge in [0.25, 0.3) is 0 Å². The number of aromatic nitrogens is 4. The number of pyridine rings is 2. The van der Waals surface area contributed by atoms with Gasteiger partial charge in [0.05, 0.1) is 22.3 Å². The van der Waals surface area contributed by atoms with E-state index < -0.39 is 0 Å². The zero-order valence-electron chi connectivity index (χ0n) is 35.1. The quantitative estimate of drug-likeness (QED) is 0.175. The Bertz CT molecular complexity index is 2800. The van der Waals surface area contributed by atoms with E-state index in [0.717, 1.165) is 72.3 Å². The van der Waals surface area contributed by atoms with Crippen molar-refractivity contribution in [2.24, 2.45) is 0 Å². The second-order valence-corrected chi connectivity index (χ2v) is 18.5. The molecule has 296 valence electrons. The zero-order valence-corrected chi connectivity index (χ0v) is 37.4. The number of fused-ring (bicyclic) bond motifs is 2. The molecule has 0 aliphatic rings. The molecule has 58 heavy (non-hydrogen) atoms. The average Bonchev–Trinajstić information content (AvgIpc) is 3.55. The number of imidazole rings is 1. The Morgan fingerprint density at radius 2 is 1.28 bits per heavy atom. The summed E-state index contributed by atoms with van der Waals surface area (Å²) in [5.74, 6) is 0.845. The van der Waals surface area contributed by atoms with Crippen molar-refractivity contribution in [1.29, 1.82) is 0 Å². The Morgan fingerprint density at radius 3 is 1.93 bits per heavy atom. The zero-order chi connectivity index (χ0) is 40.4. The van der Waals surface area contributed by atoms with E-state index in [0.29, 0.717) is 11.4 Å². The molecular formula is C52H51N4OPt-. The second-order valence-electron chi connectivity index (χ2n) is 18.5. The largest absolute Gasteiger partial charge is 0.507 e. The van der Waals surface area contributed by atoms with Crippen LogP contribution in [0.15, 0.2) is 122 Å². The van der Waals surface area contributed by atoms with Gasteiger partial charge in [-0.2, -0.15) is 0 Å². The minimum Gasteiger partial charge on any atom is -0.507 e. The summed E-state index contributed by atoms with van der Waals surface area (Å²) in [6.45, 7) is 22.1. The van der Waals surface area contributed by atoms with Crippen LogP contribution in [-0.2, 0) is 37.3 Å². The van der Waals surface area contributed by atoms with Gasteiger partial charge >= 0.3 is 0 Å². The van der Waals surface area contributed by atoms with Gasteiger partial charge in [-0.25, -0.2) is 4.98 Å². The van der Waals surface area contributed by atoms with Crippen molar-refractivity contribution in [1.82, 2.24) is 19.5 Å². The fourth-order valence-electron chi connectivity index (χ4n) is 7.85. The molecule has 8 aromatic rings. The molecule has 0 saturated heterocycles. The second kappa shape index (κ2) is 15.1. The summed E-state index contributed by atoms with van der Waals surface area (Å²) in [6, 6.07) is 41.8. The molecular weight excluding hydrogens is 892 g/mol. The van der Waals surface area contributed by atoms with Crippen molar-refractivity contribution in [3.05, 3.63) is 150 Å². The van der Waals surface area contributed by atoms with E-state index in [4.69, 9.17) is 15.0 Å². The SMILES string of the molecule is Cc1cc(-c2cccc3c(C(C)(C)C)ccnc23)[c-]c(-c2cc(-c3ccccn3)cc3c2nc(-c2cc(C(C)(C)C)ccc2O)n3-c2ccc(C(C)(C)C)cc2)c1.[Pt]. The number of aromatic hydroxyl groups is 1. The molecule has 8 rings (SSSR count). The van der Waals surface area contributed by atoms with Crippen LogP contribution in [0.5, 0.6) is 5.75 Å². The van der Waals surface area contributed by atoms with Crippen molar-refractivity contribution in [2.45, 2.75) is 85.5 Å². The van der Waals surface area contributed by atoms with Crippen LogP contribution in [0, 0.1) is 13.0 Å². The Kier molecular flexibility index (Phi) is 10.6. The molecule has 6 heteroatoms. The minimum atomic E-state index is -0.137. The van der Waals surface area contributed by atoms with Gasteiger partial charge in [-0.05, 0) is 92.4 Å². The van der Waals surface area contributed by atoms with Crippen molar-refractivity contribution in [2.75, 3.05) is 0 Å². The van der Waals surface area contributed by atoms with Crippen LogP contribution in [0.4, 0.5) is 0 Å². The molecule has 3 aromatic heterocycles. The van der Waals surface area contributed by atoms with Crippen LogP contribution < -0.4 is 0 Å². The third kappa shape index (κ3) is 7.65. The molecule has 5 nitrogen and oxygen atoms in total. The van der Waals surface area contributed by atoms with E-state index in [1.807, 2.05) is 36.7 Å². The van der Waals surface area contributed by atoms with Gasteiger partial charge in [-0.1, -0.05) is 129 Å². The van der Waals surface area contributed by atoms with E-state index in [1.54, 1.807) is 6.07 Å². The normalized spacial score (nSPS) is 12.2. The first-order valence-electron chi connectivity index (χ1n) is 19.8. The van der Waals surface area contributed by atoms with Gasteiger partial charge in [0.1, 0.15) is 11.6 Å². The number of hydrogen-bond acceptors (Lipinski definition) is 4. The number of benzene rings is 5. The predicted octanol–water partition coefficient (Wildman–Crippen LogP) is 13.3. The first-order chi connectivity index (χ1) is 27.0. The Morgan fingerprint density at radius 1 is 0.586 bits per heavy atom. The number of nitrogens with zero attached hydrogens (tertiary/aromatic N) is 4. The van der Waals surface area contributed by atoms with Crippen LogP contribution >= 0.6 is 0 Å². The molecule has 0 aliphatic heterocycles. The number of para-hydroxylation sites is 1. The van der Waals surface area contributed by atoms with Crippen molar-refractivity contribution >= 4 is 21.9 Å². The third-order valence-corrected chi connectivity index (χ3v) is 11.0. The molecule has 0 fully saturated rings. The topological polar surface area (TPSA) is 63.8 Å². The summed E-state index contributed by atoms with van der Waals surface area (Å²) in [5.41, 5.74) is 14.5. The van der Waals surface area contributed by atoms with E-state index in [1.165, 1.54) is 11.1 Å². The van der Waals surface area contributed by atoms with Crippen LogP contribution in [-0.4, -0.2) is 24.6 Å². The summed E-state index contributed by atoms with van der Waals surface area (Å²) in [6.07, 6.45) is 3.76. The molecule has 0 amide bonds. The maximum Gasteiger partial charge on any atom is 0.148 e. The molecule has 0 radical (unpaired) electrons. The van der Waals surface area contributed by atoms with Gasteiger partial charge in [-0.15, -0.1) is 34.9 Å². The van der Waals surface area contributed by atoms with Gasteiger partial charge < -0.3 is 5.11 Å². The maximum absolute atomic E-state index is 11.6. The smallest absolute Gasteiger partial charge is 0.148 e. The minimum absolute atomic E-state index is 0. The fourth-order valence-corrected chi connectivity index (χ4v) is 7.85. The number of aryl methyl sites for hydroxylation is 1. The Labute approximate surface area is 357 Å². The Balaban J connectivity index is 0.00000512. The molecule has 0 saturated carbocycles. The van der Waals surface area contributed by atoms with Crippen LogP contribution in [0.3, 0.4) is 0 Å². The summed E-state index contributed by atoms with van der Waals surface area (Å²) >= 11 is 0. The summed E-state index contributed by atoms with van der Waals surface area (Å²) < 4.78 is 2.19. The van der Waals surface area contributed by atoms with E-state index in [9.17, 15) is 5.11 Å². The molecule has 3 heterocycles. The number of rotatable bonds is 5. The summed E-state index contributed by atoms with van der Waals surface area (Å²) in [7, 11) is 0. The van der Waals surface area contributed by atoms with Crippen LogP contribution in [0.2, 0.25) is 0 Å². The molecule has 1 N–H and O–H groups in total. The van der Waals surface area contributed by atoms with Gasteiger partial charge in [-0.3, -0.25) is 14.5 Å². The van der Waals surface area contributed by atoms with Crippen LogP contribution in [0.1, 0.15) is 84.6 Å². The van der Waals surface area contributed by atoms with Crippen molar-refractivity contribution in [3.8, 4) is 56.3 Å².